The van der Waals surface area contributed by atoms with Gasteiger partial charge in [0, 0.05) is 42.6 Å². The number of nitrogen functional groups attached to an aromatic ring is 1. The highest BCUT2D eigenvalue weighted by Crippen LogP contribution is 2.39. The molecule has 0 bridgehead atoms. The quantitative estimate of drug-likeness (QED) is 0.431. The fraction of sp³-hybridized carbons (Fsp3) is 0.375. The predicted octanol–water partition coefficient (Wildman–Crippen LogP) is 3.82. The van der Waals surface area contributed by atoms with E-state index in [0.29, 0.717) is 46.7 Å². The van der Waals surface area contributed by atoms with E-state index in [4.69, 9.17) is 15.2 Å². The number of anilines is 3. The van der Waals surface area contributed by atoms with Crippen molar-refractivity contribution in [1.29, 1.82) is 0 Å². The van der Waals surface area contributed by atoms with Crippen molar-refractivity contribution >= 4 is 34.0 Å². The molecule has 3 aromatic rings. The van der Waals surface area contributed by atoms with Crippen LogP contribution in [0.25, 0.3) is 21.9 Å². The fourth-order valence-electron chi connectivity index (χ4n) is 4.75. The monoisotopic (exact) mass is 466 g/mol. The van der Waals surface area contributed by atoms with Crippen LogP contribution in [-0.2, 0) is 4.74 Å². The summed E-state index contributed by atoms with van der Waals surface area (Å²) in [4.78, 5) is 21.1. The van der Waals surface area contributed by atoms with Gasteiger partial charge in [-0.2, -0.15) is 0 Å². The third kappa shape index (κ3) is 3.94. The second-order valence-electron chi connectivity index (χ2n) is 8.60. The van der Waals surface area contributed by atoms with Gasteiger partial charge in [-0.05, 0) is 49.3 Å². The first-order valence-corrected chi connectivity index (χ1v) is 11.3. The van der Waals surface area contributed by atoms with Crippen molar-refractivity contribution in [2.24, 2.45) is 0 Å². The Kier molecular flexibility index (Phi) is 5.82. The molecule has 1 aliphatic carbocycles. The normalized spacial score (nSPS) is 19.3. The van der Waals surface area contributed by atoms with Gasteiger partial charge in [-0.25, -0.2) is 19.2 Å². The fourth-order valence-corrected chi connectivity index (χ4v) is 4.75. The van der Waals surface area contributed by atoms with Gasteiger partial charge in [0.15, 0.2) is 5.82 Å². The zero-order valence-electron chi connectivity index (χ0n) is 19.1. The van der Waals surface area contributed by atoms with E-state index in [0.717, 1.165) is 30.5 Å². The van der Waals surface area contributed by atoms with Gasteiger partial charge in [0.1, 0.15) is 18.1 Å². The highest BCUT2D eigenvalue weighted by Gasteiger charge is 2.28. The summed E-state index contributed by atoms with van der Waals surface area (Å²) in [6.45, 7) is 3.06. The lowest BCUT2D eigenvalue weighted by Crippen LogP contribution is -2.43. The Labute approximate surface area is 196 Å². The number of nitrogens with two attached hydrogens (primary N) is 1. The summed E-state index contributed by atoms with van der Waals surface area (Å²) in [7, 11) is 1.65. The number of pyridine rings is 2. The summed E-state index contributed by atoms with van der Waals surface area (Å²) in [5, 5.41) is 10.1. The number of benzene rings is 1. The first kappa shape index (κ1) is 22.1. The molecule has 3 heterocycles. The number of rotatable bonds is 4. The lowest BCUT2D eigenvalue weighted by atomic mass is 9.97. The van der Waals surface area contributed by atoms with Crippen molar-refractivity contribution in [2.45, 2.75) is 38.3 Å². The van der Waals surface area contributed by atoms with E-state index in [1.54, 1.807) is 25.4 Å². The minimum absolute atomic E-state index is 0.00813. The number of aromatic nitrogens is 2. The Hall–Kier alpha value is -3.66. The van der Waals surface area contributed by atoms with Crippen molar-refractivity contribution in [3.8, 4) is 17.0 Å². The van der Waals surface area contributed by atoms with Crippen LogP contribution in [0.1, 0.15) is 24.8 Å². The Morgan fingerprint density at radius 2 is 2.12 bits per heavy atom. The van der Waals surface area contributed by atoms with Gasteiger partial charge < -0.3 is 25.8 Å². The molecule has 1 aromatic carbocycles. The second-order valence-corrected chi connectivity index (χ2v) is 8.60. The van der Waals surface area contributed by atoms with Gasteiger partial charge in [-0.15, -0.1) is 0 Å². The molecule has 2 aliphatic rings. The van der Waals surface area contributed by atoms with Crippen LogP contribution in [0.4, 0.5) is 26.4 Å². The zero-order chi connectivity index (χ0) is 23.8. The van der Waals surface area contributed by atoms with Gasteiger partial charge in [0.25, 0.3) is 0 Å². The number of amides is 2. The number of nitrogens with one attached hydrogen (secondary N) is 3. The number of halogens is 1. The van der Waals surface area contributed by atoms with Crippen LogP contribution in [0.3, 0.4) is 0 Å². The molecule has 178 valence electrons. The molecule has 1 aliphatic heterocycles. The summed E-state index contributed by atoms with van der Waals surface area (Å²) in [5.41, 5.74) is 8.63. The van der Waals surface area contributed by atoms with Gasteiger partial charge in [-0.3, -0.25) is 5.32 Å². The van der Waals surface area contributed by atoms with Crippen molar-refractivity contribution in [3.05, 3.63) is 35.9 Å². The number of carbonyl (C=O) groups excluding carboxylic acids is 1. The topological polar surface area (TPSA) is 123 Å². The molecular formula is C24H27FN6O3. The number of fused-ring (bicyclic) bond motifs is 2. The van der Waals surface area contributed by atoms with E-state index in [2.05, 4.69) is 25.9 Å². The molecular weight excluding hydrogens is 439 g/mol. The molecule has 9 nitrogen and oxygen atoms in total. The van der Waals surface area contributed by atoms with Crippen molar-refractivity contribution < 1.29 is 18.7 Å². The lowest BCUT2D eigenvalue weighted by molar-refractivity contribution is 0.0882. The number of urea groups is 1. The van der Waals surface area contributed by atoms with Gasteiger partial charge >= 0.3 is 6.03 Å². The van der Waals surface area contributed by atoms with Crippen molar-refractivity contribution in [2.75, 3.05) is 36.6 Å². The van der Waals surface area contributed by atoms with E-state index in [1.807, 2.05) is 6.92 Å². The first-order chi connectivity index (χ1) is 16.5. The smallest absolute Gasteiger partial charge is 0.320 e. The summed E-state index contributed by atoms with van der Waals surface area (Å²) < 4.78 is 26.3. The molecule has 2 atom stereocenters. The molecule has 5 N–H and O–H groups in total. The minimum Gasteiger partial charge on any atom is -0.474 e. The van der Waals surface area contributed by atoms with E-state index in [1.165, 1.54) is 6.20 Å². The molecule has 0 saturated heterocycles. The minimum atomic E-state index is -0.541. The standard InChI is InChI=1S/C24H27FN6O3/c1-12-15(10-29-23-22(12)27-6-7-34-23)14-8-13-9-19(28-11-16(13)21(26)20(14)25)31-24(32)30-17-4-3-5-18(17)33-2/h8-11,17-18,27H,3-7,26H2,1-2H3,(H2,28,30,31,32). The van der Waals surface area contributed by atoms with Gasteiger partial charge in [0.05, 0.1) is 17.8 Å². The van der Waals surface area contributed by atoms with Crippen LogP contribution in [-0.4, -0.2) is 48.4 Å². The maximum atomic E-state index is 15.3. The second kappa shape index (κ2) is 8.94. The zero-order valence-corrected chi connectivity index (χ0v) is 19.1. The van der Waals surface area contributed by atoms with E-state index < -0.39 is 5.82 Å². The molecule has 10 heteroatoms. The highest BCUT2D eigenvalue weighted by atomic mass is 19.1. The summed E-state index contributed by atoms with van der Waals surface area (Å²) >= 11 is 0. The van der Waals surface area contributed by atoms with Gasteiger partial charge in [-0.1, -0.05) is 0 Å². The summed E-state index contributed by atoms with van der Waals surface area (Å²) in [6.07, 6.45) is 5.85. The molecule has 0 spiro atoms. The largest absolute Gasteiger partial charge is 0.474 e. The van der Waals surface area contributed by atoms with E-state index >= 15 is 4.39 Å². The predicted molar refractivity (Wildman–Crippen MR) is 129 cm³/mol. The maximum Gasteiger partial charge on any atom is 0.320 e. The molecule has 2 aromatic heterocycles. The Morgan fingerprint density at radius 3 is 2.94 bits per heavy atom. The molecule has 2 unspecified atom stereocenters. The number of carbonyl (C=O) groups is 1. The van der Waals surface area contributed by atoms with Gasteiger partial charge in [0.2, 0.25) is 5.88 Å². The summed E-state index contributed by atoms with van der Waals surface area (Å²) in [5.74, 6) is 0.298. The molecule has 5 rings (SSSR count). The van der Waals surface area contributed by atoms with E-state index in [-0.39, 0.29) is 23.9 Å². The van der Waals surface area contributed by atoms with Crippen LogP contribution in [0.2, 0.25) is 0 Å². The maximum absolute atomic E-state index is 15.3. The SMILES string of the molecule is COC1CCCC1NC(=O)Nc1cc2cc(-c3cnc4c(c3C)NCCO4)c(F)c(N)c2cn1. The van der Waals surface area contributed by atoms with Crippen molar-refractivity contribution in [3.63, 3.8) is 0 Å². The highest BCUT2D eigenvalue weighted by molar-refractivity contribution is 6.00. The number of ether oxygens (including phenoxy) is 2. The number of nitrogens with zero attached hydrogens (tertiary/aromatic N) is 2. The third-order valence-electron chi connectivity index (χ3n) is 6.55. The summed E-state index contributed by atoms with van der Waals surface area (Å²) in [6, 6.07) is 2.97. The van der Waals surface area contributed by atoms with Crippen LogP contribution >= 0.6 is 0 Å². The third-order valence-corrected chi connectivity index (χ3v) is 6.55. The molecule has 0 radical (unpaired) electrons. The Morgan fingerprint density at radius 1 is 1.26 bits per heavy atom. The van der Waals surface area contributed by atoms with Crippen LogP contribution in [0.15, 0.2) is 24.5 Å². The molecule has 34 heavy (non-hydrogen) atoms. The molecule has 1 saturated carbocycles. The molecule has 2 amide bonds. The lowest BCUT2D eigenvalue weighted by Gasteiger charge is -2.22. The Bertz CT molecular complexity index is 1270. The average Bonchev–Trinajstić information content (AvgIpc) is 3.29. The average molecular weight is 467 g/mol. The number of hydrogen-bond acceptors (Lipinski definition) is 7. The first-order valence-electron chi connectivity index (χ1n) is 11.3. The van der Waals surface area contributed by atoms with Crippen molar-refractivity contribution in [1.82, 2.24) is 15.3 Å². The Balaban J connectivity index is 1.46. The number of hydrogen-bond donors (Lipinski definition) is 4. The van der Waals surface area contributed by atoms with Crippen LogP contribution < -0.4 is 26.4 Å². The molecule has 1 fully saturated rings. The van der Waals surface area contributed by atoms with E-state index in [9.17, 15) is 4.79 Å². The van der Waals surface area contributed by atoms with Crippen LogP contribution in [0.5, 0.6) is 5.88 Å². The van der Waals surface area contributed by atoms with Crippen LogP contribution in [0, 0.1) is 12.7 Å². The number of methoxy groups -OCH3 is 1.